The molecule has 0 aliphatic carbocycles. The lowest BCUT2D eigenvalue weighted by molar-refractivity contribution is -0.382. The van der Waals surface area contributed by atoms with Crippen molar-refractivity contribution in [2.24, 2.45) is 0 Å². The Bertz CT molecular complexity index is 1060. The molecule has 27 heavy (non-hydrogen) atoms. The first-order valence-corrected chi connectivity index (χ1v) is 8.30. The first kappa shape index (κ1) is 18.4. The fourth-order valence-corrected chi connectivity index (χ4v) is 3.07. The van der Waals surface area contributed by atoms with Gasteiger partial charge in [-0.1, -0.05) is 0 Å². The number of esters is 1. The van der Waals surface area contributed by atoms with Crippen molar-refractivity contribution in [1.29, 1.82) is 0 Å². The minimum atomic E-state index is -0.716. The second-order valence-corrected chi connectivity index (χ2v) is 6.19. The van der Waals surface area contributed by atoms with Crippen LogP contribution in [0.3, 0.4) is 0 Å². The van der Waals surface area contributed by atoms with E-state index in [1.165, 1.54) is 6.92 Å². The lowest BCUT2D eigenvalue weighted by Crippen LogP contribution is -2.22. The van der Waals surface area contributed by atoms with Crippen molar-refractivity contribution in [3.05, 3.63) is 46.0 Å². The van der Waals surface area contributed by atoms with E-state index in [0.717, 1.165) is 16.5 Å². The standard InChI is InChI=1S/C19H19N3O5/c1-10-7-17(20-11(2)27-12(3)23)19(22(24)25)15-9-13-8-14(26-4)5-6-16(13)21-18(10)15/h5-9,11,20H,1-4H3. The zero-order valence-corrected chi connectivity index (χ0v) is 15.4. The van der Waals surface area contributed by atoms with Gasteiger partial charge in [-0.25, -0.2) is 4.98 Å². The van der Waals surface area contributed by atoms with Crippen molar-refractivity contribution in [2.45, 2.75) is 27.0 Å². The summed E-state index contributed by atoms with van der Waals surface area (Å²) in [5.41, 5.74) is 2.18. The van der Waals surface area contributed by atoms with E-state index in [2.05, 4.69) is 10.3 Å². The quantitative estimate of drug-likeness (QED) is 0.239. The van der Waals surface area contributed by atoms with E-state index in [0.29, 0.717) is 16.7 Å². The number of carbonyl (C=O) groups is 1. The third-order valence-electron chi connectivity index (χ3n) is 4.15. The molecule has 8 heteroatoms. The third-order valence-corrected chi connectivity index (χ3v) is 4.15. The van der Waals surface area contributed by atoms with Gasteiger partial charge < -0.3 is 14.8 Å². The molecule has 0 saturated heterocycles. The molecule has 0 radical (unpaired) electrons. The number of aromatic nitrogens is 1. The SMILES string of the molecule is COc1ccc2nc3c(C)cc(NC(C)OC(C)=O)c([N+](=O)[O-])c3cc2c1. The molecule has 1 aromatic heterocycles. The number of hydrogen-bond acceptors (Lipinski definition) is 7. The van der Waals surface area contributed by atoms with Crippen LogP contribution in [0.4, 0.5) is 11.4 Å². The highest BCUT2D eigenvalue weighted by Crippen LogP contribution is 2.37. The lowest BCUT2D eigenvalue weighted by Gasteiger charge is -2.17. The average Bonchev–Trinajstić information content (AvgIpc) is 2.58. The normalized spacial score (nSPS) is 12.0. The summed E-state index contributed by atoms with van der Waals surface area (Å²) < 4.78 is 10.3. The first-order valence-electron chi connectivity index (χ1n) is 8.30. The Morgan fingerprint density at radius 1 is 1.30 bits per heavy atom. The smallest absolute Gasteiger partial charge is 0.304 e. The van der Waals surface area contributed by atoms with Crippen LogP contribution >= 0.6 is 0 Å². The predicted molar refractivity (Wildman–Crippen MR) is 102 cm³/mol. The maximum absolute atomic E-state index is 11.8. The molecule has 8 nitrogen and oxygen atoms in total. The van der Waals surface area contributed by atoms with E-state index in [1.54, 1.807) is 38.3 Å². The topological polar surface area (TPSA) is 104 Å². The lowest BCUT2D eigenvalue weighted by atomic mass is 10.0. The van der Waals surface area contributed by atoms with Gasteiger partial charge in [-0.05, 0) is 49.7 Å². The number of nitro benzene ring substituents is 1. The van der Waals surface area contributed by atoms with Crippen LogP contribution in [-0.4, -0.2) is 29.2 Å². The molecule has 0 fully saturated rings. The van der Waals surface area contributed by atoms with Crippen LogP contribution in [0, 0.1) is 17.0 Å². The number of methoxy groups -OCH3 is 1. The Labute approximate surface area is 155 Å². The van der Waals surface area contributed by atoms with Crippen molar-refractivity contribution in [3.8, 4) is 5.75 Å². The number of anilines is 1. The van der Waals surface area contributed by atoms with Crippen LogP contribution in [-0.2, 0) is 9.53 Å². The highest BCUT2D eigenvalue weighted by atomic mass is 16.6. The molecule has 0 aliphatic heterocycles. The number of nitro groups is 1. The van der Waals surface area contributed by atoms with Crippen LogP contribution in [0.25, 0.3) is 21.8 Å². The van der Waals surface area contributed by atoms with Crippen LogP contribution in [0.5, 0.6) is 5.75 Å². The summed E-state index contributed by atoms with van der Waals surface area (Å²) in [6.45, 7) is 4.71. The van der Waals surface area contributed by atoms with Gasteiger partial charge in [0.1, 0.15) is 11.4 Å². The van der Waals surface area contributed by atoms with E-state index in [9.17, 15) is 14.9 Å². The van der Waals surface area contributed by atoms with Crippen molar-refractivity contribution in [1.82, 2.24) is 4.98 Å². The molecule has 1 unspecified atom stereocenters. The summed E-state index contributed by atoms with van der Waals surface area (Å²) in [7, 11) is 1.56. The summed E-state index contributed by atoms with van der Waals surface area (Å²) >= 11 is 0. The van der Waals surface area contributed by atoms with Gasteiger partial charge in [0.15, 0.2) is 6.23 Å². The van der Waals surface area contributed by atoms with Crippen molar-refractivity contribution >= 4 is 39.1 Å². The molecule has 0 spiro atoms. The summed E-state index contributed by atoms with van der Waals surface area (Å²) in [5.74, 6) is 0.163. The zero-order valence-electron chi connectivity index (χ0n) is 15.4. The highest BCUT2D eigenvalue weighted by molar-refractivity contribution is 6.02. The van der Waals surface area contributed by atoms with Gasteiger partial charge in [0.2, 0.25) is 0 Å². The minimum Gasteiger partial charge on any atom is -0.497 e. The minimum absolute atomic E-state index is 0.119. The number of fused-ring (bicyclic) bond motifs is 2. The van der Waals surface area contributed by atoms with Crippen LogP contribution in [0.15, 0.2) is 30.3 Å². The number of pyridine rings is 1. The number of nitrogens with zero attached hydrogens (tertiary/aromatic N) is 2. The molecule has 140 valence electrons. The maximum atomic E-state index is 11.8. The Kier molecular flexibility index (Phi) is 4.81. The Hall–Kier alpha value is -3.42. The van der Waals surface area contributed by atoms with Gasteiger partial charge in [0, 0.05) is 12.3 Å². The second-order valence-electron chi connectivity index (χ2n) is 6.19. The van der Waals surface area contributed by atoms with Gasteiger partial charge in [-0.15, -0.1) is 0 Å². The van der Waals surface area contributed by atoms with Crippen LogP contribution < -0.4 is 10.1 Å². The molecule has 1 heterocycles. The average molecular weight is 369 g/mol. The number of hydrogen-bond donors (Lipinski definition) is 1. The van der Waals surface area contributed by atoms with Crippen LogP contribution in [0.1, 0.15) is 19.4 Å². The fraction of sp³-hybridized carbons (Fsp3) is 0.263. The van der Waals surface area contributed by atoms with Crippen LogP contribution in [0.2, 0.25) is 0 Å². The Morgan fingerprint density at radius 3 is 2.67 bits per heavy atom. The van der Waals surface area contributed by atoms with E-state index < -0.39 is 17.1 Å². The molecule has 2 aromatic carbocycles. The number of aryl methyl sites for hydroxylation is 1. The van der Waals surface area contributed by atoms with Gasteiger partial charge in [0.25, 0.3) is 0 Å². The Morgan fingerprint density at radius 2 is 2.04 bits per heavy atom. The number of rotatable bonds is 5. The molecule has 0 saturated carbocycles. The summed E-state index contributed by atoms with van der Waals surface area (Å²) in [6, 6.07) is 8.76. The molecule has 3 aromatic rings. The molecule has 1 N–H and O–H groups in total. The highest BCUT2D eigenvalue weighted by Gasteiger charge is 2.23. The zero-order chi connectivity index (χ0) is 19.7. The maximum Gasteiger partial charge on any atom is 0.304 e. The summed E-state index contributed by atoms with van der Waals surface area (Å²) in [4.78, 5) is 27.1. The predicted octanol–water partition coefficient (Wildman–Crippen LogP) is 3.93. The summed E-state index contributed by atoms with van der Waals surface area (Å²) in [6.07, 6.45) is -0.716. The van der Waals surface area contributed by atoms with Crippen molar-refractivity contribution in [2.75, 3.05) is 12.4 Å². The monoisotopic (exact) mass is 369 g/mol. The number of ether oxygens (including phenoxy) is 2. The number of benzene rings is 2. The van der Waals surface area contributed by atoms with Crippen molar-refractivity contribution < 1.29 is 19.2 Å². The third kappa shape index (κ3) is 3.59. The van der Waals surface area contributed by atoms with Gasteiger partial charge in [-0.3, -0.25) is 14.9 Å². The molecular formula is C19H19N3O5. The number of nitrogens with one attached hydrogen (secondary N) is 1. The molecule has 0 amide bonds. The molecule has 0 aliphatic rings. The molecular weight excluding hydrogens is 350 g/mol. The molecule has 3 rings (SSSR count). The molecule has 0 bridgehead atoms. The summed E-state index contributed by atoms with van der Waals surface area (Å²) in [5, 5.41) is 15.8. The van der Waals surface area contributed by atoms with Gasteiger partial charge >= 0.3 is 11.7 Å². The van der Waals surface area contributed by atoms with E-state index in [1.807, 2.05) is 13.0 Å². The second kappa shape index (κ2) is 7.06. The van der Waals surface area contributed by atoms with E-state index >= 15 is 0 Å². The largest absolute Gasteiger partial charge is 0.497 e. The Balaban J connectivity index is 2.24. The number of carbonyl (C=O) groups excluding carboxylic acids is 1. The fourth-order valence-electron chi connectivity index (χ4n) is 3.07. The van der Waals surface area contributed by atoms with Crippen molar-refractivity contribution in [3.63, 3.8) is 0 Å². The van der Waals surface area contributed by atoms with E-state index in [-0.39, 0.29) is 11.4 Å². The van der Waals surface area contributed by atoms with Gasteiger partial charge in [0.05, 0.1) is 28.5 Å². The first-order chi connectivity index (χ1) is 12.8. The molecule has 1 atom stereocenters. The van der Waals surface area contributed by atoms with E-state index in [4.69, 9.17) is 9.47 Å². The van der Waals surface area contributed by atoms with Gasteiger partial charge in [-0.2, -0.15) is 0 Å².